The highest BCUT2D eigenvalue weighted by Crippen LogP contribution is 2.37. The molecule has 1 nitrogen and oxygen atoms in total. The van der Waals surface area contributed by atoms with Crippen molar-refractivity contribution in [3.63, 3.8) is 0 Å². The van der Waals surface area contributed by atoms with Crippen LogP contribution in [-0.2, 0) is 6.42 Å². The molecule has 2 rings (SSSR count). The monoisotopic (exact) mass is 268 g/mol. The smallest absolute Gasteiger partial charge is 0.119 e. The van der Waals surface area contributed by atoms with E-state index >= 15 is 0 Å². The Balaban J connectivity index is 2.31. The molecule has 0 amide bonds. The Morgan fingerprint density at radius 1 is 0.850 bits per heavy atom. The van der Waals surface area contributed by atoms with Gasteiger partial charge in [-0.15, -0.1) is 0 Å². The zero-order valence-corrected chi connectivity index (χ0v) is 12.6. The van der Waals surface area contributed by atoms with E-state index in [4.69, 9.17) is 0 Å². The van der Waals surface area contributed by atoms with Gasteiger partial charge in [0, 0.05) is 0 Å². The summed E-state index contributed by atoms with van der Waals surface area (Å²) in [6, 6.07) is 16.4. The van der Waals surface area contributed by atoms with E-state index in [9.17, 15) is 5.11 Å². The quantitative estimate of drug-likeness (QED) is 0.785. The van der Waals surface area contributed by atoms with E-state index in [1.165, 1.54) is 11.1 Å². The number of benzene rings is 2. The summed E-state index contributed by atoms with van der Waals surface area (Å²) in [5, 5.41) is 10.0. The predicted molar refractivity (Wildman–Crippen MR) is 85.4 cm³/mol. The van der Waals surface area contributed by atoms with Gasteiger partial charge in [-0.2, -0.15) is 0 Å². The summed E-state index contributed by atoms with van der Waals surface area (Å²) in [5.74, 6) is 1.10. The van der Waals surface area contributed by atoms with Crippen molar-refractivity contribution in [2.24, 2.45) is 0 Å². The van der Waals surface area contributed by atoms with Crippen LogP contribution in [0.15, 0.2) is 48.5 Å². The molecule has 0 fully saturated rings. The maximum absolute atomic E-state index is 10.0. The molecule has 0 heterocycles. The zero-order valence-electron chi connectivity index (χ0n) is 12.6. The first-order chi connectivity index (χ1) is 9.65. The minimum absolute atomic E-state index is 0.300. The van der Waals surface area contributed by atoms with Crippen LogP contribution in [0.5, 0.6) is 5.75 Å². The van der Waals surface area contributed by atoms with Gasteiger partial charge in [0.2, 0.25) is 0 Å². The molecule has 2 aromatic rings. The van der Waals surface area contributed by atoms with Crippen molar-refractivity contribution in [2.75, 3.05) is 0 Å². The van der Waals surface area contributed by atoms with Crippen LogP contribution in [0.3, 0.4) is 0 Å². The number of phenolic OH excluding ortho intramolecular Hbond substituents is 1. The molecule has 0 saturated heterocycles. The van der Waals surface area contributed by atoms with Crippen LogP contribution in [0.1, 0.15) is 55.7 Å². The lowest BCUT2D eigenvalue weighted by Gasteiger charge is -2.24. The molecule has 0 aliphatic rings. The van der Waals surface area contributed by atoms with E-state index in [0.29, 0.717) is 17.6 Å². The van der Waals surface area contributed by atoms with E-state index in [1.54, 1.807) is 6.07 Å². The molecular formula is C19H24O. The number of phenols is 1. The van der Waals surface area contributed by atoms with Crippen molar-refractivity contribution in [3.8, 4) is 5.75 Å². The number of rotatable bonds is 5. The fourth-order valence-corrected chi connectivity index (χ4v) is 2.89. The zero-order chi connectivity index (χ0) is 14.5. The molecule has 2 unspecified atom stereocenters. The molecule has 0 radical (unpaired) electrons. The van der Waals surface area contributed by atoms with Crippen LogP contribution in [0.2, 0.25) is 0 Å². The van der Waals surface area contributed by atoms with Crippen LogP contribution >= 0.6 is 0 Å². The summed E-state index contributed by atoms with van der Waals surface area (Å²) in [7, 11) is 0. The van der Waals surface area contributed by atoms with Crippen molar-refractivity contribution >= 4 is 0 Å². The van der Waals surface area contributed by atoms with Gasteiger partial charge in [0.1, 0.15) is 5.75 Å². The third kappa shape index (κ3) is 3.04. The maximum Gasteiger partial charge on any atom is 0.119 e. The minimum atomic E-state index is 0.300. The summed E-state index contributed by atoms with van der Waals surface area (Å²) >= 11 is 0. The topological polar surface area (TPSA) is 20.2 Å². The van der Waals surface area contributed by atoms with Gasteiger partial charge in [0.25, 0.3) is 0 Å². The largest absolute Gasteiger partial charge is 0.508 e. The lowest BCUT2D eigenvalue weighted by molar-refractivity contribution is 0.456. The second-order valence-corrected chi connectivity index (χ2v) is 5.58. The van der Waals surface area contributed by atoms with Gasteiger partial charge < -0.3 is 5.11 Å². The average Bonchev–Trinajstić information content (AvgIpc) is 2.47. The number of hydrogen-bond acceptors (Lipinski definition) is 1. The molecule has 0 aromatic heterocycles. The fourth-order valence-electron chi connectivity index (χ4n) is 2.89. The first-order valence-corrected chi connectivity index (χ1v) is 7.50. The van der Waals surface area contributed by atoms with E-state index in [0.717, 1.165) is 18.4 Å². The number of hydrogen-bond donors (Lipinski definition) is 1. The summed E-state index contributed by atoms with van der Waals surface area (Å²) in [6.07, 6.45) is 2.28. The first-order valence-electron chi connectivity index (χ1n) is 7.50. The summed E-state index contributed by atoms with van der Waals surface area (Å²) in [5.41, 5.74) is 3.88. The lowest BCUT2D eigenvalue weighted by Crippen LogP contribution is -2.08. The Labute approximate surface area is 122 Å². The summed E-state index contributed by atoms with van der Waals surface area (Å²) < 4.78 is 0. The molecule has 0 bridgehead atoms. The Bertz CT molecular complexity index is 559. The third-order valence-electron chi connectivity index (χ3n) is 4.24. The normalized spacial score (nSPS) is 13.9. The van der Waals surface area contributed by atoms with Crippen molar-refractivity contribution in [1.82, 2.24) is 0 Å². The molecular weight excluding hydrogens is 244 g/mol. The van der Waals surface area contributed by atoms with Crippen LogP contribution in [0.25, 0.3) is 0 Å². The van der Waals surface area contributed by atoms with Gasteiger partial charge in [-0.25, -0.2) is 0 Å². The van der Waals surface area contributed by atoms with Crippen molar-refractivity contribution in [3.05, 3.63) is 65.2 Å². The summed E-state index contributed by atoms with van der Waals surface area (Å²) in [6.45, 7) is 6.67. The third-order valence-corrected chi connectivity index (χ3v) is 4.24. The highest BCUT2D eigenvalue weighted by atomic mass is 16.3. The molecule has 106 valence electrons. The first kappa shape index (κ1) is 14.6. The highest BCUT2D eigenvalue weighted by Gasteiger charge is 2.20. The average molecular weight is 268 g/mol. The van der Waals surface area contributed by atoms with Gasteiger partial charge in [-0.05, 0) is 41.0 Å². The SMILES string of the molecule is CCCc1ccccc1C(C)C(C)c1ccccc1O. The van der Waals surface area contributed by atoms with Crippen LogP contribution < -0.4 is 0 Å². The minimum Gasteiger partial charge on any atom is -0.508 e. The van der Waals surface area contributed by atoms with Gasteiger partial charge >= 0.3 is 0 Å². The molecule has 0 aliphatic heterocycles. The second kappa shape index (κ2) is 6.60. The molecule has 2 aromatic carbocycles. The standard InChI is InChI=1S/C19H24O/c1-4-9-16-10-5-6-11-17(16)14(2)15(3)18-12-7-8-13-19(18)20/h5-8,10-15,20H,4,9H2,1-3H3. The van der Waals surface area contributed by atoms with E-state index in [1.807, 2.05) is 18.2 Å². The van der Waals surface area contributed by atoms with E-state index < -0.39 is 0 Å². The number of para-hydroxylation sites is 1. The molecule has 0 aliphatic carbocycles. The Hall–Kier alpha value is -1.76. The van der Waals surface area contributed by atoms with Crippen LogP contribution in [0.4, 0.5) is 0 Å². The van der Waals surface area contributed by atoms with E-state index in [2.05, 4.69) is 45.0 Å². The van der Waals surface area contributed by atoms with Gasteiger partial charge in [0.15, 0.2) is 0 Å². The molecule has 1 heteroatoms. The lowest BCUT2D eigenvalue weighted by atomic mass is 9.81. The fraction of sp³-hybridized carbons (Fsp3) is 0.368. The maximum atomic E-state index is 10.0. The Morgan fingerprint density at radius 2 is 1.40 bits per heavy atom. The Morgan fingerprint density at radius 3 is 2.05 bits per heavy atom. The summed E-state index contributed by atoms with van der Waals surface area (Å²) in [4.78, 5) is 0. The van der Waals surface area contributed by atoms with Crippen molar-refractivity contribution < 1.29 is 5.11 Å². The highest BCUT2D eigenvalue weighted by molar-refractivity contribution is 5.39. The number of aromatic hydroxyl groups is 1. The molecule has 0 spiro atoms. The van der Waals surface area contributed by atoms with Gasteiger partial charge in [0.05, 0.1) is 0 Å². The van der Waals surface area contributed by atoms with Crippen molar-refractivity contribution in [1.29, 1.82) is 0 Å². The van der Waals surface area contributed by atoms with Crippen molar-refractivity contribution in [2.45, 2.75) is 45.4 Å². The molecule has 20 heavy (non-hydrogen) atoms. The van der Waals surface area contributed by atoms with E-state index in [-0.39, 0.29) is 0 Å². The number of aryl methyl sites for hydroxylation is 1. The molecule has 1 N–H and O–H groups in total. The van der Waals surface area contributed by atoms with Crippen LogP contribution in [-0.4, -0.2) is 5.11 Å². The Kier molecular flexibility index (Phi) is 4.84. The van der Waals surface area contributed by atoms with Gasteiger partial charge in [-0.3, -0.25) is 0 Å². The second-order valence-electron chi connectivity index (χ2n) is 5.58. The molecule has 2 atom stereocenters. The van der Waals surface area contributed by atoms with Crippen LogP contribution in [0, 0.1) is 0 Å². The molecule has 0 saturated carbocycles. The predicted octanol–water partition coefficient (Wildman–Crippen LogP) is 5.25. The van der Waals surface area contributed by atoms with Gasteiger partial charge in [-0.1, -0.05) is 69.7 Å².